The Kier molecular flexibility index (Phi) is 4.59. The first-order valence-corrected chi connectivity index (χ1v) is 8.25. The van der Waals surface area contributed by atoms with Gasteiger partial charge in [-0.15, -0.1) is 0 Å². The van der Waals surface area contributed by atoms with Crippen LogP contribution in [-0.2, 0) is 6.42 Å². The Morgan fingerprint density at radius 3 is 2.14 bits per heavy atom. The van der Waals surface area contributed by atoms with Gasteiger partial charge >= 0.3 is 0 Å². The lowest BCUT2D eigenvalue weighted by molar-refractivity contribution is 0.412. The predicted molar refractivity (Wildman–Crippen MR) is 90.9 cm³/mol. The van der Waals surface area contributed by atoms with Crippen LogP contribution in [0.15, 0.2) is 54.6 Å². The maximum atomic E-state index is 3.70. The fraction of sp³-hybridized carbons (Fsp3) is 0.400. The van der Waals surface area contributed by atoms with Crippen molar-refractivity contribution in [1.29, 1.82) is 0 Å². The molecule has 1 aliphatic carbocycles. The average molecular weight is 279 g/mol. The second kappa shape index (κ2) is 6.80. The predicted octanol–water partition coefficient (Wildman–Crippen LogP) is 5.39. The first kappa shape index (κ1) is 14.2. The van der Waals surface area contributed by atoms with Crippen molar-refractivity contribution >= 4 is 5.69 Å². The summed E-state index contributed by atoms with van der Waals surface area (Å²) in [6, 6.07) is 20.5. The molecule has 2 aromatic carbocycles. The Morgan fingerprint density at radius 1 is 0.857 bits per heavy atom. The maximum Gasteiger partial charge on any atom is 0.0342 e. The third-order valence-corrected chi connectivity index (χ3v) is 4.73. The molecule has 0 aromatic heterocycles. The molecule has 0 unspecified atom stereocenters. The van der Waals surface area contributed by atoms with Crippen molar-refractivity contribution in [2.45, 2.75) is 51.0 Å². The van der Waals surface area contributed by atoms with Gasteiger partial charge in [-0.2, -0.15) is 0 Å². The fourth-order valence-corrected chi connectivity index (χ4v) is 3.37. The largest absolute Gasteiger partial charge is 0.382 e. The number of aryl methyl sites for hydroxylation is 1. The highest BCUT2D eigenvalue weighted by Gasteiger charge is 2.21. The Labute approximate surface area is 128 Å². The topological polar surface area (TPSA) is 12.0 Å². The molecule has 0 radical (unpaired) electrons. The quantitative estimate of drug-likeness (QED) is 0.791. The lowest BCUT2D eigenvalue weighted by Crippen LogP contribution is -2.25. The molecule has 1 aliphatic rings. The molecule has 0 atom stereocenters. The maximum absolute atomic E-state index is 3.70. The van der Waals surface area contributed by atoms with Crippen molar-refractivity contribution in [2.75, 3.05) is 5.32 Å². The minimum atomic E-state index is 0.637. The van der Waals surface area contributed by atoms with E-state index >= 15 is 0 Å². The van der Waals surface area contributed by atoms with Crippen molar-refractivity contribution in [2.24, 2.45) is 0 Å². The van der Waals surface area contributed by atoms with Crippen LogP contribution in [0.3, 0.4) is 0 Å². The molecule has 1 saturated carbocycles. The molecule has 110 valence electrons. The molecule has 21 heavy (non-hydrogen) atoms. The summed E-state index contributed by atoms with van der Waals surface area (Å²) < 4.78 is 0. The summed E-state index contributed by atoms with van der Waals surface area (Å²) in [6.07, 6.45) is 6.26. The zero-order valence-corrected chi connectivity index (χ0v) is 12.9. The molecule has 1 heteroatoms. The van der Waals surface area contributed by atoms with E-state index in [1.807, 2.05) is 0 Å². The molecule has 2 aromatic rings. The lowest BCUT2D eigenvalue weighted by Gasteiger charge is -2.30. The number of rotatable bonds is 4. The van der Waals surface area contributed by atoms with Crippen LogP contribution >= 0.6 is 0 Å². The van der Waals surface area contributed by atoms with E-state index in [0.717, 1.165) is 12.3 Å². The number of nitrogens with one attached hydrogen (secondary N) is 1. The zero-order valence-electron chi connectivity index (χ0n) is 12.9. The minimum Gasteiger partial charge on any atom is -0.382 e. The number of hydrogen-bond donors (Lipinski definition) is 1. The van der Waals surface area contributed by atoms with Gasteiger partial charge in [0, 0.05) is 11.7 Å². The second-order valence-electron chi connectivity index (χ2n) is 6.15. The average Bonchev–Trinajstić information content (AvgIpc) is 2.57. The molecular weight excluding hydrogens is 254 g/mol. The molecule has 0 heterocycles. The molecule has 0 spiro atoms. The second-order valence-corrected chi connectivity index (χ2v) is 6.15. The van der Waals surface area contributed by atoms with Gasteiger partial charge < -0.3 is 5.32 Å². The SMILES string of the molecule is CCc1ccc(NC2CCC(c3ccccc3)CC2)cc1. The summed E-state index contributed by atoms with van der Waals surface area (Å²) in [5.41, 5.74) is 4.20. The van der Waals surface area contributed by atoms with Crippen LogP contribution in [0.25, 0.3) is 0 Å². The highest BCUT2D eigenvalue weighted by molar-refractivity contribution is 5.45. The van der Waals surface area contributed by atoms with Crippen LogP contribution in [0, 0.1) is 0 Å². The molecule has 0 amide bonds. The standard InChI is InChI=1S/C20H25N/c1-2-16-8-12-19(13-9-16)21-20-14-10-18(11-15-20)17-6-4-3-5-7-17/h3-9,12-13,18,20-21H,2,10-11,14-15H2,1H3. The third-order valence-electron chi connectivity index (χ3n) is 4.73. The van der Waals surface area contributed by atoms with Gasteiger partial charge in [-0.25, -0.2) is 0 Å². The third kappa shape index (κ3) is 3.66. The Hall–Kier alpha value is -1.76. The minimum absolute atomic E-state index is 0.637. The molecular formula is C20H25N. The van der Waals surface area contributed by atoms with Crippen molar-refractivity contribution in [3.8, 4) is 0 Å². The summed E-state index contributed by atoms with van der Waals surface area (Å²) in [7, 11) is 0. The normalized spacial score (nSPS) is 22.0. The molecule has 0 aliphatic heterocycles. The van der Waals surface area contributed by atoms with Gasteiger partial charge in [0.2, 0.25) is 0 Å². The molecule has 0 saturated heterocycles. The van der Waals surface area contributed by atoms with Crippen LogP contribution in [0.5, 0.6) is 0 Å². The van der Waals surface area contributed by atoms with E-state index in [-0.39, 0.29) is 0 Å². The van der Waals surface area contributed by atoms with E-state index in [2.05, 4.69) is 66.8 Å². The van der Waals surface area contributed by atoms with Crippen LogP contribution in [0.1, 0.15) is 49.7 Å². The molecule has 1 nitrogen and oxygen atoms in total. The van der Waals surface area contributed by atoms with Gasteiger partial charge in [0.15, 0.2) is 0 Å². The van der Waals surface area contributed by atoms with Gasteiger partial charge in [0.25, 0.3) is 0 Å². The summed E-state index contributed by atoms with van der Waals surface area (Å²) >= 11 is 0. The fourth-order valence-electron chi connectivity index (χ4n) is 3.37. The highest BCUT2D eigenvalue weighted by atomic mass is 14.9. The summed E-state index contributed by atoms with van der Waals surface area (Å²) in [5, 5.41) is 3.70. The Balaban J connectivity index is 1.53. The molecule has 3 rings (SSSR count). The van der Waals surface area contributed by atoms with E-state index in [0.29, 0.717) is 6.04 Å². The van der Waals surface area contributed by atoms with Crippen LogP contribution in [0.2, 0.25) is 0 Å². The summed E-state index contributed by atoms with van der Waals surface area (Å²) in [5.74, 6) is 0.756. The zero-order chi connectivity index (χ0) is 14.5. The van der Waals surface area contributed by atoms with E-state index in [1.54, 1.807) is 0 Å². The van der Waals surface area contributed by atoms with Crippen LogP contribution in [0.4, 0.5) is 5.69 Å². The summed E-state index contributed by atoms with van der Waals surface area (Å²) in [6.45, 7) is 2.20. The molecule has 0 bridgehead atoms. The van der Waals surface area contributed by atoms with E-state index in [4.69, 9.17) is 0 Å². The molecule has 1 N–H and O–H groups in total. The van der Waals surface area contributed by atoms with Crippen molar-refractivity contribution in [3.63, 3.8) is 0 Å². The van der Waals surface area contributed by atoms with E-state index in [1.165, 1.54) is 42.5 Å². The van der Waals surface area contributed by atoms with Crippen LogP contribution < -0.4 is 5.32 Å². The van der Waals surface area contributed by atoms with Crippen molar-refractivity contribution in [3.05, 3.63) is 65.7 Å². The monoisotopic (exact) mass is 279 g/mol. The van der Waals surface area contributed by atoms with Crippen molar-refractivity contribution < 1.29 is 0 Å². The number of benzene rings is 2. The van der Waals surface area contributed by atoms with Gasteiger partial charge in [-0.05, 0) is 61.3 Å². The Bertz CT molecular complexity index is 536. The first-order chi connectivity index (χ1) is 10.3. The first-order valence-electron chi connectivity index (χ1n) is 8.25. The van der Waals surface area contributed by atoms with Gasteiger partial charge in [-0.3, -0.25) is 0 Å². The van der Waals surface area contributed by atoms with E-state index < -0.39 is 0 Å². The van der Waals surface area contributed by atoms with Gasteiger partial charge in [0.1, 0.15) is 0 Å². The Morgan fingerprint density at radius 2 is 1.52 bits per heavy atom. The summed E-state index contributed by atoms with van der Waals surface area (Å²) in [4.78, 5) is 0. The van der Waals surface area contributed by atoms with Crippen molar-refractivity contribution in [1.82, 2.24) is 0 Å². The van der Waals surface area contributed by atoms with Gasteiger partial charge in [0.05, 0.1) is 0 Å². The smallest absolute Gasteiger partial charge is 0.0342 e. The lowest BCUT2D eigenvalue weighted by atomic mass is 9.82. The molecule has 1 fully saturated rings. The number of hydrogen-bond acceptors (Lipinski definition) is 1. The van der Waals surface area contributed by atoms with Crippen LogP contribution in [-0.4, -0.2) is 6.04 Å². The highest BCUT2D eigenvalue weighted by Crippen LogP contribution is 2.33. The number of anilines is 1. The van der Waals surface area contributed by atoms with Gasteiger partial charge in [-0.1, -0.05) is 49.4 Å². The van der Waals surface area contributed by atoms with E-state index in [9.17, 15) is 0 Å².